The van der Waals surface area contributed by atoms with Crippen LogP contribution in [0.1, 0.15) is 28.2 Å². The summed E-state index contributed by atoms with van der Waals surface area (Å²) in [5.41, 5.74) is 3.44. The lowest BCUT2D eigenvalue weighted by Gasteiger charge is -2.11. The summed E-state index contributed by atoms with van der Waals surface area (Å²) in [6.45, 7) is 1.95. The molecular weight excluding hydrogens is 412 g/mol. The molecule has 4 aromatic rings. The Bertz CT molecular complexity index is 1200. The Kier molecular flexibility index (Phi) is 6.18. The number of anilines is 2. The Hall–Kier alpha value is -3.78. The maximum atomic E-state index is 12.7. The van der Waals surface area contributed by atoms with Gasteiger partial charge in [-0.2, -0.15) is 11.3 Å². The van der Waals surface area contributed by atoms with Crippen molar-refractivity contribution in [3.63, 3.8) is 0 Å². The Morgan fingerprint density at radius 3 is 2.71 bits per heavy atom. The highest BCUT2D eigenvalue weighted by Crippen LogP contribution is 2.21. The van der Waals surface area contributed by atoms with Gasteiger partial charge in [0.25, 0.3) is 5.91 Å². The minimum Gasteiger partial charge on any atom is -0.421 e. The predicted molar refractivity (Wildman–Crippen MR) is 120 cm³/mol. The van der Waals surface area contributed by atoms with Crippen LogP contribution in [0.2, 0.25) is 0 Å². The molecule has 0 unspecified atom stereocenters. The predicted octanol–water partition coefficient (Wildman–Crippen LogP) is 4.93. The van der Waals surface area contributed by atoms with Gasteiger partial charge in [0.1, 0.15) is 0 Å². The van der Waals surface area contributed by atoms with E-state index in [9.17, 15) is 9.59 Å². The van der Waals surface area contributed by atoms with Crippen LogP contribution in [-0.2, 0) is 11.2 Å². The van der Waals surface area contributed by atoms with E-state index in [1.807, 2.05) is 48.0 Å². The molecule has 2 aromatic heterocycles. The number of aryl methyl sites for hydroxylation is 2. The number of nitrogens with one attached hydrogen (secondary N) is 2. The number of nitrogens with zero attached hydrogens (tertiary/aromatic N) is 2. The van der Waals surface area contributed by atoms with Crippen LogP contribution in [0.5, 0.6) is 0 Å². The summed E-state index contributed by atoms with van der Waals surface area (Å²) in [4.78, 5) is 25.2. The molecule has 2 heterocycles. The number of amides is 2. The molecular formula is C23H20N4O3S. The number of rotatable bonds is 7. The number of benzene rings is 2. The highest BCUT2D eigenvalue weighted by Gasteiger charge is 2.15. The first-order valence-corrected chi connectivity index (χ1v) is 10.6. The second kappa shape index (κ2) is 9.36. The average molecular weight is 433 g/mol. The van der Waals surface area contributed by atoms with Crippen molar-refractivity contribution in [2.75, 3.05) is 10.6 Å². The van der Waals surface area contributed by atoms with E-state index < -0.39 is 0 Å². The average Bonchev–Trinajstić information content (AvgIpc) is 3.44. The molecule has 0 atom stereocenters. The van der Waals surface area contributed by atoms with E-state index >= 15 is 0 Å². The molecule has 31 heavy (non-hydrogen) atoms. The van der Waals surface area contributed by atoms with Crippen molar-refractivity contribution in [1.29, 1.82) is 0 Å². The van der Waals surface area contributed by atoms with Gasteiger partial charge in [-0.3, -0.25) is 9.59 Å². The minimum atomic E-state index is -0.293. The number of aromatic nitrogens is 2. The first-order chi connectivity index (χ1) is 15.1. The van der Waals surface area contributed by atoms with Crippen molar-refractivity contribution < 1.29 is 14.0 Å². The molecule has 7 nitrogen and oxygen atoms in total. The summed E-state index contributed by atoms with van der Waals surface area (Å²) in [5, 5.41) is 17.5. The van der Waals surface area contributed by atoms with Crippen molar-refractivity contribution in [2.24, 2.45) is 0 Å². The van der Waals surface area contributed by atoms with Crippen LogP contribution in [0.15, 0.2) is 69.8 Å². The Balaban J connectivity index is 1.38. The SMILES string of the molecule is Cc1cccc(NC(=O)c2ccccc2NC(=O)CCc2nnc(-c3ccsc3)o2)c1. The summed E-state index contributed by atoms with van der Waals surface area (Å²) in [5.74, 6) is 0.293. The van der Waals surface area contributed by atoms with Gasteiger partial charge in [-0.1, -0.05) is 24.3 Å². The lowest BCUT2D eigenvalue weighted by Crippen LogP contribution is -2.18. The van der Waals surface area contributed by atoms with Crippen LogP contribution >= 0.6 is 11.3 Å². The number of para-hydroxylation sites is 1. The quantitative estimate of drug-likeness (QED) is 0.432. The Labute approximate surface area is 183 Å². The van der Waals surface area contributed by atoms with Crippen LogP contribution in [0.3, 0.4) is 0 Å². The van der Waals surface area contributed by atoms with Crippen molar-refractivity contribution in [2.45, 2.75) is 19.8 Å². The molecule has 4 rings (SSSR count). The Morgan fingerprint density at radius 2 is 1.90 bits per heavy atom. The molecule has 2 N–H and O–H groups in total. The fraction of sp³-hybridized carbons (Fsp3) is 0.130. The molecule has 8 heteroatoms. The van der Waals surface area contributed by atoms with Gasteiger partial charge in [0.15, 0.2) is 0 Å². The minimum absolute atomic E-state index is 0.152. The van der Waals surface area contributed by atoms with E-state index in [1.165, 1.54) is 0 Å². The zero-order valence-electron chi connectivity index (χ0n) is 16.8. The van der Waals surface area contributed by atoms with Crippen molar-refractivity contribution >= 4 is 34.5 Å². The summed E-state index contributed by atoms with van der Waals surface area (Å²) in [6, 6.07) is 16.3. The lowest BCUT2D eigenvalue weighted by atomic mass is 10.1. The fourth-order valence-corrected chi connectivity index (χ4v) is 3.63. The van der Waals surface area contributed by atoms with Crippen LogP contribution < -0.4 is 10.6 Å². The van der Waals surface area contributed by atoms with Crippen molar-refractivity contribution in [3.8, 4) is 11.5 Å². The van der Waals surface area contributed by atoms with Crippen molar-refractivity contribution in [1.82, 2.24) is 10.2 Å². The molecule has 0 radical (unpaired) electrons. The van der Waals surface area contributed by atoms with Crippen LogP contribution in [-0.4, -0.2) is 22.0 Å². The smallest absolute Gasteiger partial charge is 0.257 e. The molecule has 0 saturated carbocycles. The van der Waals surface area contributed by atoms with Gasteiger partial charge in [-0.15, -0.1) is 10.2 Å². The maximum absolute atomic E-state index is 12.7. The molecule has 0 aliphatic rings. The highest BCUT2D eigenvalue weighted by molar-refractivity contribution is 7.08. The van der Waals surface area contributed by atoms with Gasteiger partial charge < -0.3 is 15.1 Å². The molecule has 2 amide bonds. The van der Waals surface area contributed by atoms with E-state index in [-0.39, 0.29) is 18.2 Å². The van der Waals surface area contributed by atoms with Gasteiger partial charge >= 0.3 is 0 Å². The number of carbonyl (C=O) groups excluding carboxylic acids is 2. The number of hydrogen-bond donors (Lipinski definition) is 2. The van der Waals surface area contributed by atoms with Crippen molar-refractivity contribution in [3.05, 3.63) is 82.4 Å². The molecule has 0 aliphatic carbocycles. The zero-order valence-corrected chi connectivity index (χ0v) is 17.6. The third-order valence-corrected chi connectivity index (χ3v) is 5.21. The Morgan fingerprint density at radius 1 is 1.03 bits per heavy atom. The summed E-state index contributed by atoms with van der Waals surface area (Å²) in [7, 11) is 0. The monoisotopic (exact) mass is 432 g/mol. The van der Waals surface area contributed by atoms with Crippen LogP contribution in [0.25, 0.3) is 11.5 Å². The topological polar surface area (TPSA) is 97.1 Å². The number of carbonyl (C=O) groups is 2. The third kappa shape index (κ3) is 5.23. The van der Waals surface area contributed by atoms with E-state index in [0.29, 0.717) is 35.1 Å². The first-order valence-electron chi connectivity index (χ1n) is 9.70. The summed E-state index contributed by atoms with van der Waals surface area (Å²) >= 11 is 1.54. The van der Waals surface area contributed by atoms with Crippen LogP contribution in [0, 0.1) is 6.92 Å². The standard InChI is InChI=1S/C23H20N4O3S/c1-15-5-4-6-17(13-15)24-22(29)18-7-2-3-8-19(18)25-20(28)9-10-21-26-27-23(30-21)16-11-12-31-14-16/h2-8,11-14H,9-10H2,1H3,(H,24,29)(H,25,28). The van der Waals surface area contributed by atoms with E-state index in [2.05, 4.69) is 20.8 Å². The number of hydrogen-bond acceptors (Lipinski definition) is 6. The maximum Gasteiger partial charge on any atom is 0.257 e. The normalized spacial score (nSPS) is 10.6. The summed E-state index contributed by atoms with van der Waals surface area (Å²) < 4.78 is 5.61. The van der Waals surface area contributed by atoms with E-state index in [4.69, 9.17) is 4.42 Å². The van der Waals surface area contributed by atoms with Gasteiger partial charge in [-0.25, -0.2) is 0 Å². The number of thiophene rings is 1. The highest BCUT2D eigenvalue weighted by atomic mass is 32.1. The fourth-order valence-electron chi connectivity index (χ4n) is 3.00. The second-order valence-corrected chi connectivity index (χ2v) is 7.71. The van der Waals surface area contributed by atoms with Gasteiger partial charge in [0, 0.05) is 29.5 Å². The van der Waals surface area contributed by atoms with Crippen LogP contribution in [0.4, 0.5) is 11.4 Å². The third-order valence-electron chi connectivity index (χ3n) is 4.52. The molecule has 0 aliphatic heterocycles. The first kappa shape index (κ1) is 20.5. The summed E-state index contributed by atoms with van der Waals surface area (Å²) in [6.07, 6.45) is 0.458. The molecule has 0 spiro atoms. The van der Waals surface area contributed by atoms with E-state index in [0.717, 1.165) is 11.1 Å². The van der Waals surface area contributed by atoms with Gasteiger partial charge in [0.2, 0.25) is 17.7 Å². The molecule has 0 fully saturated rings. The zero-order chi connectivity index (χ0) is 21.6. The van der Waals surface area contributed by atoms with Gasteiger partial charge in [0.05, 0.1) is 11.3 Å². The largest absolute Gasteiger partial charge is 0.421 e. The molecule has 0 bridgehead atoms. The molecule has 0 saturated heterocycles. The lowest BCUT2D eigenvalue weighted by molar-refractivity contribution is -0.116. The molecule has 2 aromatic carbocycles. The molecule has 156 valence electrons. The van der Waals surface area contributed by atoms with Gasteiger partial charge in [-0.05, 0) is 48.2 Å². The van der Waals surface area contributed by atoms with E-state index in [1.54, 1.807) is 35.6 Å². The second-order valence-electron chi connectivity index (χ2n) is 6.93.